The molecule has 1 aliphatic heterocycles. The molecule has 2 rings (SSSR count). The lowest BCUT2D eigenvalue weighted by molar-refractivity contribution is 0.0276. The van der Waals surface area contributed by atoms with Gasteiger partial charge in [-0.15, -0.1) is 0 Å². The third kappa shape index (κ3) is 2.01. The van der Waals surface area contributed by atoms with Crippen molar-refractivity contribution in [1.29, 1.82) is 5.26 Å². The van der Waals surface area contributed by atoms with Gasteiger partial charge in [0, 0.05) is 13.1 Å². The number of aryl methyl sites for hydroxylation is 1. The van der Waals surface area contributed by atoms with Crippen molar-refractivity contribution in [1.82, 2.24) is 5.32 Å². The van der Waals surface area contributed by atoms with E-state index >= 15 is 0 Å². The molecule has 4 heteroatoms. The van der Waals surface area contributed by atoms with Crippen molar-refractivity contribution in [2.24, 2.45) is 0 Å². The fourth-order valence-corrected chi connectivity index (χ4v) is 1.86. The molecule has 0 aliphatic carbocycles. The maximum Gasteiger partial charge on any atom is 0.136 e. The highest BCUT2D eigenvalue weighted by molar-refractivity contribution is 5.50. The molecule has 1 aromatic rings. The Kier molecular flexibility index (Phi) is 3.09. The lowest BCUT2D eigenvalue weighted by atomic mass is 10.0. The van der Waals surface area contributed by atoms with Gasteiger partial charge in [-0.05, 0) is 30.2 Å². The van der Waals surface area contributed by atoms with E-state index in [2.05, 4.69) is 5.32 Å². The Morgan fingerprint density at radius 1 is 1.56 bits per heavy atom. The van der Waals surface area contributed by atoms with Crippen molar-refractivity contribution in [3.8, 4) is 11.8 Å². The summed E-state index contributed by atoms with van der Waals surface area (Å²) in [6.45, 7) is 4.07. The van der Waals surface area contributed by atoms with E-state index in [9.17, 15) is 5.11 Å². The fraction of sp³-hybridized carbons (Fsp3) is 0.417. The molecule has 1 aliphatic rings. The van der Waals surface area contributed by atoms with Gasteiger partial charge in [-0.2, -0.15) is 5.26 Å². The number of rotatable bonds is 1. The van der Waals surface area contributed by atoms with Crippen LogP contribution in [0.1, 0.15) is 22.8 Å². The average Bonchev–Trinajstić information content (AvgIpc) is 2.33. The van der Waals surface area contributed by atoms with Gasteiger partial charge in [-0.1, -0.05) is 0 Å². The SMILES string of the molecule is Cc1cc(C2CNCCO2)cc(C#N)c1O. The molecule has 0 radical (unpaired) electrons. The van der Waals surface area contributed by atoms with Crippen molar-refractivity contribution in [3.05, 3.63) is 28.8 Å². The number of hydrogen-bond acceptors (Lipinski definition) is 4. The smallest absolute Gasteiger partial charge is 0.136 e. The first-order valence-electron chi connectivity index (χ1n) is 5.28. The molecule has 1 saturated heterocycles. The summed E-state index contributed by atoms with van der Waals surface area (Å²) >= 11 is 0. The number of phenols is 1. The number of phenolic OH excluding ortho intramolecular Hbond substituents is 1. The Labute approximate surface area is 94.5 Å². The third-order valence-electron chi connectivity index (χ3n) is 2.74. The van der Waals surface area contributed by atoms with Crippen LogP contribution in [0.15, 0.2) is 12.1 Å². The van der Waals surface area contributed by atoms with Gasteiger partial charge in [0.25, 0.3) is 0 Å². The van der Waals surface area contributed by atoms with Crippen LogP contribution < -0.4 is 5.32 Å². The number of nitrogens with one attached hydrogen (secondary N) is 1. The zero-order valence-electron chi connectivity index (χ0n) is 9.16. The molecule has 2 N–H and O–H groups in total. The van der Waals surface area contributed by atoms with E-state index in [0.29, 0.717) is 17.7 Å². The summed E-state index contributed by atoms with van der Waals surface area (Å²) in [5, 5.41) is 21.8. The van der Waals surface area contributed by atoms with Crippen LogP contribution in [-0.2, 0) is 4.74 Å². The fourth-order valence-electron chi connectivity index (χ4n) is 1.86. The number of ether oxygens (including phenoxy) is 1. The second-order valence-corrected chi connectivity index (χ2v) is 3.91. The van der Waals surface area contributed by atoms with E-state index in [1.807, 2.05) is 12.1 Å². The molecular weight excluding hydrogens is 204 g/mol. The van der Waals surface area contributed by atoms with E-state index in [-0.39, 0.29) is 11.9 Å². The molecule has 84 valence electrons. The standard InChI is InChI=1S/C12H14N2O2/c1-8-4-9(5-10(6-13)12(8)15)11-7-14-2-3-16-11/h4-5,11,14-15H,2-3,7H2,1H3. The second-order valence-electron chi connectivity index (χ2n) is 3.91. The summed E-state index contributed by atoms with van der Waals surface area (Å²) in [5.41, 5.74) is 1.96. The number of nitriles is 1. The topological polar surface area (TPSA) is 65.3 Å². The summed E-state index contributed by atoms with van der Waals surface area (Å²) in [6.07, 6.45) is -0.0276. The molecule has 0 saturated carbocycles. The number of morpholine rings is 1. The number of benzene rings is 1. The van der Waals surface area contributed by atoms with Crippen molar-refractivity contribution >= 4 is 0 Å². The van der Waals surface area contributed by atoms with Gasteiger partial charge in [0.05, 0.1) is 18.3 Å². The van der Waals surface area contributed by atoms with Crippen molar-refractivity contribution < 1.29 is 9.84 Å². The maximum atomic E-state index is 9.64. The van der Waals surface area contributed by atoms with E-state index in [0.717, 1.165) is 18.7 Å². The molecule has 0 amide bonds. The first-order chi connectivity index (χ1) is 7.72. The highest BCUT2D eigenvalue weighted by Gasteiger charge is 2.18. The van der Waals surface area contributed by atoms with Crippen LogP contribution in [0, 0.1) is 18.3 Å². The first-order valence-corrected chi connectivity index (χ1v) is 5.28. The van der Waals surface area contributed by atoms with Crippen LogP contribution in [0.25, 0.3) is 0 Å². The lowest BCUT2D eigenvalue weighted by Gasteiger charge is -2.24. The summed E-state index contributed by atoms with van der Waals surface area (Å²) < 4.78 is 5.60. The van der Waals surface area contributed by atoms with Crippen molar-refractivity contribution in [2.75, 3.05) is 19.7 Å². The summed E-state index contributed by atoms with van der Waals surface area (Å²) in [7, 11) is 0. The maximum absolute atomic E-state index is 9.64. The van der Waals surface area contributed by atoms with Gasteiger partial charge >= 0.3 is 0 Å². The molecule has 1 heterocycles. The van der Waals surface area contributed by atoms with Gasteiger partial charge in [-0.3, -0.25) is 0 Å². The number of hydrogen-bond donors (Lipinski definition) is 2. The Balaban J connectivity index is 2.34. The molecule has 1 fully saturated rings. The minimum Gasteiger partial charge on any atom is -0.506 e. The minimum absolute atomic E-state index is 0.0276. The Hall–Kier alpha value is -1.57. The highest BCUT2D eigenvalue weighted by Crippen LogP contribution is 2.28. The lowest BCUT2D eigenvalue weighted by Crippen LogP contribution is -2.33. The van der Waals surface area contributed by atoms with Gasteiger partial charge in [0.15, 0.2) is 0 Å². The number of nitrogens with zero attached hydrogens (tertiary/aromatic N) is 1. The van der Waals surface area contributed by atoms with Gasteiger partial charge in [0.2, 0.25) is 0 Å². The van der Waals surface area contributed by atoms with Crippen LogP contribution in [-0.4, -0.2) is 24.8 Å². The van der Waals surface area contributed by atoms with Gasteiger partial charge in [0.1, 0.15) is 11.8 Å². The Morgan fingerprint density at radius 3 is 3.00 bits per heavy atom. The quantitative estimate of drug-likeness (QED) is 0.744. The van der Waals surface area contributed by atoms with Crippen LogP contribution in [0.4, 0.5) is 0 Å². The molecule has 0 aromatic heterocycles. The summed E-state index contributed by atoms with van der Waals surface area (Å²) in [4.78, 5) is 0. The van der Waals surface area contributed by atoms with Gasteiger partial charge in [-0.25, -0.2) is 0 Å². The van der Waals surface area contributed by atoms with E-state index in [1.165, 1.54) is 0 Å². The molecule has 4 nitrogen and oxygen atoms in total. The monoisotopic (exact) mass is 218 g/mol. The van der Waals surface area contributed by atoms with E-state index < -0.39 is 0 Å². The molecule has 1 unspecified atom stereocenters. The summed E-state index contributed by atoms with van der Waals surface area (Å²) in [6, 6.07) is 5.55. The predicted molar refractivity (Wildman–Crippen MR) is 59.1 cm³/mol. The van der Waals surface area contributed by atoms with Crippen LogP contribution in [0.2, 0.25) is 0 Å². The van der Waals surface area contributed by atoms with Crippen LogP contribution >= 0.6 is 0 Å². The van der Waals surface area contributed by atoms with E-state index in [1.54, 1.807) is 13.0 Å². The van der Waals surface area contributed by atoms with Crippen LogP contribution in [0.3, 0.4) is 0 Å². The zero-order chi connectivity index (χ0) is 11.5. The molecule has 1 atom stereocenters. The highest BCUT2D eigenvalue weighted by atomic mass is 16.5. The second kappa shape index (κ2) is 4.52. The predicted octanol–water partition coefficient (Wildman–Crippen LogP) is 1.23. The third-order valence-corrected chi connectivity index (χ3v) is 2.74. The Morgan fingerprint density at radius 2 is 2.38 bits per heavy atom. The van der Waals surface area contributed by atoms with Crippen LogP contribution in [0.5, 0.6) is 5.75 Å². The van der Waals surface area contributed by atoms with Crippen molar-refractivity contribution in [3.63, 3.8) is 0 Å². The van der Waals surface area contributed by atoms with Crippen molar-refractivity contribution in [2.45, 2.75) is 13.0 Å². The zero-order valence-corrected chi connectivity index (χ0v) is 9.16. The molecular formula is C12H14N2O2. The van der Waals surface area contributed by atoms with Gasteiger partial charge < -0.3 is 15.2 Å². The average molecular weight is 218 g/mol. The molecule has 0 spiro atoms. The number of aromatic hydroxyl groups is 1. The van der Waals surface area contributed by atoms with E-state index in [4.69, 9.17) is 10.00 Å². The molecule has 1 aromatic carbocycles. The summed E-state index contributed by atoms with van der Waals surface area (Å²) in [5.74, 6) is 0.0648. The molecule has 0 bridgehead atoms. The minimum atomic E-state index is -0.0276. The normalized spacial score (nSPS) is 20.4. The first kappa shape index (κ1) is 10.9. The largest absolute Gasteiger partial charge is 0.506 e. The Bertz CT molecular complexity index is 431. The molecule has 16 heavy (non-hydrogen) atoms.